The van der Waals surface area contributed by atoms with Crippen LogP contribution >= 0.6 is 0 Å². The van der Waals surface area contributed by atoms with Crippen molar-refractivity contribution in [3.63, 3.8) is 0 Å². The maximum Gasteiger partial charge on any atom is 0.215 e. The first-order chi connectivity index (χ1) is 7.59. The summed E-state index contributed by atoms with van der Waals surface area (Å²) >= 11 is 0. The van der Waals surface area contributed by atoms with E-state index in [4.69, 9.17) is 0 Å². The van der Waals surface area contributed by atoms with Gasteiger partial charge in [-0.05, 0) is 43.5 Å². The summed E-state index contributed by atoms with van der Waals surface area (Å²) in [7, 11) is 0. The fraction of sp³-hybridized carbons (Fsp3) is 0.214. The summed E-state index contributed by atoms with van der Waals surface area (Å²) in [5.74, 6) is -0.394. The van der Waals surface area contributed by atoms with Crippen LogP contribution in [0.15, 0.2) is 30.5 Å². The number of benzene rings is 1. The molecule has 2 heteroatoms. The largest absolute Gasteiger partial charge is 0.227 e. The molecule has 0 N–H and O–H groups in total. The Morgan fingerprint density at radius 1 is 1.06 bits per heavy atom. The summed E-state index contributed by atoms with van der Waals surface area (Å²) in [5.41, 5.74) is 5.13. The van der Waals surface area contributed by atoms with Gasteiger partial charge in [0.05, 0.1) is 0 Å². The molecule has 1 aromatic carbocycles. The van der Waals surface area contributed by atoms with Crippen LogP contribution in [0.1, 0.15) is 16.7 Å². The third kappa shape index (κ3) is 1.83. The third-order valence-electron chi connectivity index (χ3n) is 2.93. The van der Waals surface area contributed by atoms with Crippen LogP contribution in [0.25, 0.3) is 11.1 Å². The quantitative estimate of drug-likeness (QED) is 0.659. The van der Waals surface area contributed by atoms with Gasteiger partial charge in [0.15, 0.2) is 0 Å². The Balaban J connectivity index is 2.59. The van der Waals surface area contributed by atoms with E-state index in [1.165, 1.54) is 11.1 Å². The number of nitrogens with zero attached hydrogens (tertiary/aromatic N) is 1. The molecule has 0 radical (unpaired) electrons. The third-order valence-corrected chi connectivity index (χ3v) is 2.93. The number of rotatable bonds is 1. The van der Waals surface area contributed by atoms with Crippen molar-refractivity contribution < 1.29 is 4.39 Å². The van der Waals surface area contributed by atoms with E-state index in [-0.39, 0.29) is 0 Å². The number of aromatic nitrogens is 1. The number of hydrogen-bond acceptors (Lipinski definition) is 1. The minimum atomic E-state index is -0.394. The average molecular weight is 215 g/mol. The average Bonchev–Trinajstić information content (AvgIpc) is 2.26. The fourth-order valence-electron chi connectivity index (χ4n) is 1.77. The van der Waals surface area contributed by atoms with Gasteiger partial charge in [-0.1, -0.05) is 18.2 Å². The molecule has 0 aliphatic heterocycles. The molecule has 2 aromatic rings. The predicted octanol–water partition coefficient (Wildman–Crippen LogP) is 3.81. The molecule has 0 amide bonds. The SMILES string of the molecule is Cc1cc(-c2cccc(C)c2C)cnc1F. The zero-order valence-corrected chi connectivity index (χ0v) is 9.71. The van der Waals surface area contributed by atoms with Gasteiger partial charge in [-0.15, -0.1) is 0 Å². The lowest BCUT2D eigenvalue weighted by Crippen LogP contribution is -1.92. The van der Waals surface area contributed by atoms with Crippen LogP contribution in [0.2, 0.25) is 0 Å². The number of aryl methyl sites for hydroxylation is 2. The number of pyridine rings is 1. The van der Waals surface area contributed by atoms with E-state index in [9.17, 15) is 4.39 Å². The highest BCUT2D eigenvalue weighted by Gasteiger charge is 2.06. The molecule has 0 atom stereocenters. The molecule has 0 aliphatic rings. The lowest BCUT2D eigenvalue weighted by Gasteiger charge is -2.09. The van der Waals surface area contributed by atoms with Crippen LogP contribution in [-0.2, 0) is 0 Å². The van der Waals surface area contributed by atoms with Crippen molar-refractivity contribution in [1.82, 2.24) is 4.98 Å². The molecular weight excluding hydrogens is 201 g/mol. The van der Waals surface area contributed by atoms with Gasteiger partial charge >= 0.3 is 0 Å². The number of hydrogen-bond donors (Lipinski definition) is 0. The molecule has 82 valence electrons. The summed E-state index contributed by atoms with van der Waals surface area (Å²) < 4.78 is 13.1. The van der Waals surface area contributed by atoms with Crippen molar-refractivity contribution in [2.75, 3.05) is 0 Å². The molecule has 0 spiro atoms. The van der Waals surface area contributed by atoms with Gasteiger partial charge in [0.2, 0.25) is 5.95 Å². The van der Waals surface area contributed by atoms with Gasteiger partial charge in [0.25, 0.3) is 0 Å². The summed E-state index contributed by atoms with van der Waals surface area (Å²) in [5, 5.41) is 0. The van der Waals surface area contributed by atoms with Crippen LogP contribution in [0.5, 0.6) is 0 Å². The van der Waals surface area contributed by atoms with Crippen LogP contribution in [0.4, 0.5) is 4.39 Å². The van der Waals surface area contributed by atoms with Crippen LogP contribution in [0, 0.1) is 26.7 Å². The topological polar surface area (TPSA) is 12.9 Å². The smallest absolute Gasteiger partial charge is 0.215 e. The van der Waals surface area contributed by atoms with E-state index in [0.29, 0.717) is 5.56 Å². The fourth-order valence-corrected chi connectivity index (χ4v) is 1.77. The van der Waals surface area contributed by atoms with Crippen molar-refractivity contribution in [3.05, 3.63) is 53.1 Å². The van der Waals surface area contributed by atoms with E-state index in [2.05, 4.69) is 24.9 Å². The Hall–Kier alpha value is -1.70. The van der Waals surface area contributed by atoms with Gasteiger partial charge < -0.3 is 0 Å². The highest BCUT2D eigenvalue weighted by atomic mass is 19.1. The summed E-state index contributed by atoms with van der Waals surface area (Å²) in [6, 6.07) is 7.96. The van der Waals surface area contributed by atoms with E-state index >= 15 is 0 Å². The minimum absolute atomic E-state index is 0.394. The van der Waals surface area contributed by atoms with Gasteiger partial charge in [0, 0.05) is 17.3 Å². The second-order valence-electron chi connectivity index (χ2n) is 4.08. The van der Waals surface area contributed by atoms with Crippen LogP contribution in [-0.4, -0.2) is 4.98 Å². The van der Waals surface area contributed by atoms with Crippen molar-refractivity contribution >= 4 is 0 Å². The van der Waals surface area contributed by atoms with Crippen molar-refractivity contribution in [3.8, 4) is 11.1 Å². The first kappa shape index (κ1) is 10.8. The Morgan fingerprint density at radius 3 is 2.50 bits per heavy atom. The Bertz CT molecular complexity index is 532. The maximum absolute atomic E-state index is 13.1. The molecule has 0 bridgehead atoms. The predicted molar refractivity (Wildman–Crippen MR) is 63.8 cm³/mol. The molecule has 1 aromatic heterocycles. The molecule has 0 aliphatic carbocycles. The first-order valence-electron chi connectivity index (χ1n) is 5.28. The minimum Gasteiger partial charge on any atom is -0.227 e. The summed E-state index contributed by atoms with van der Waals surface area (Å²) in [4.78, 5) is 3.76. The monoisotopic (exact) mass is 215 g/mol. The first-order valence-corrected chi connectivity index (χ1v) is 5.28. The van der Waals surface area contributed by atoms with Crippen LogP contribution in [0.3, 0.4) is 0 Å². The number of halogens is 1. The highest BCUT2D eigenvalue weighted by Crippen LogP contribution is 2.25. The molecule has 0 saturated carbocycles. The summed E-state index contributed by atoms with van der Waals surface area (Å²) in [6.45, 7) is 5.88. The Kier molecular flexibility index (Phi) is 2.73. The van der Waals surface area contributed by atoms with E-state index in [0.717, 1.165) is 11.1 Å². The molecule has 1 heterocycles. The molecule has 1 nitrogen and oxygen atoms in total. The Labute approximate surface area is 95.0 Å². The highest BCUT2D eigenvalue weighted by molar-refractivity contribution is 5.68. The van der Waals surface area contributed by atoms with E-state index in [1.807, 2.05) is 18.2 Å². The van der Waals surface area contributed by atoms with Crippen molar-refractivity contribution in [2.24, 2.45) is 0 Å². The molecular formula is C14H14FN. The van der Waals surface area contributed by atoms with Gasteiger partial charge in [-0.25, -0.2) is 4.98 Å². The zero-order valence-electron chi connectivity index (χ0n) is 9.71. The normalized spacial score (nSPS) is 10.5. The second-order valence-corrected chi connectivity index (χ2v) is 4.08. The molecule has 0 saturated heterocycles. The molecule has 0 fully saturated rings. The molecule has 0 unspecified atom stereocenters. The summed E-state index contributed by atoms with van der Waals surface area (Å²) in [6.07, 6.45) is 1.59. The second kappa shape index (κ2) is 4.05. The lowest BCUT2D eigenvalue weighted by atomic mass is 9.98. The zero-order chi connectivity index (χ0) is 11.7. The molecule has 16 heavy (non-hydrogen) atoms. The maximum atomic E-state index is 13.1. The molecule has 2 rings (SSSR count). The van der Waals surface area contributed by atoms with E-state index in [1.54, 1.807) is 13.1 Å². The van der Waals surface area contributed by atoms with Crippen LogP contribution < -0.4 is 0 Å². The standard InChI is InChI=1S/C14H14FN/c1-9-5-4-6-13(11(9)3)12-7-10(2)14(15)16-8-12/h4-8H,1-3H3. The van der Waals surface area contributed by atoms with Crippen molar-refractivity contribution in [1.29, 1.82) is 0 Å². The Morgan fingerprint density at radius 2 is 1.81 bits per heavy atom. The van der Waals surface area contributed by atoms with Crippen molar-refractivity contribution in [2.45, 2.75) is 20.8 Å². The lowest BCUT2D eigenvalue weighted by molar-refractivity contribution is 0.575. The van der Waals surface area contributed by atoms with E-state index < -0.39 is 5.95 Å². The van der Waals surface area contributed by atoms with Gasteiger partial charge in [0.1, 0.15) is 0 Å². The van der Waals surface area contributed by atoms with Gasteiger partial charge in [-0.3, -0.25) is 0 Å². The van der Waals surface area contributed by atoms with Gasteiger partial charge in [-0.2, -0.15) is 4.39 Å².